The Labute approximate surface area is 123 Å². The number of carbonyl (C=O) groups excluding carboxylic acids is 2. The van der Waals surface area contributed by atoms with Gasteiger partial charge in [0.1, 0.15) is 5.82 Å². The molecule has 7 nitrogen and oxygen atoms in total. The molecule has 1 aromatic carbocycles. The Morgan fingerprint density at radius 2 is 2.24 bits per heavy atom. The molecule has 2 aromatic rings. The van der Waals surface area contributed by atoms with E-state index in [0.717, 1.165) is 11.5 Å². The first kappa shape index (κ1) is 14.9. The standard InChI is InChI=1S/C12H12FN5O2S/c13-9-3-1-2-8(4-9)5-15-11(20)17-12-16-10(18-21-12)6-14-7-19/h1-4,7H,5-6H2,(H,14,19)(H2,15,16,17,18,20). The van der Waals surface area contributed by atoms with Crippen LogP contribution in [0.15, 0.2) is 24.3 Å². The van der Waals surface area contributed by atoms with Crippen LogP contribution in [0.5, 0.6) is 0 Å². The van der Waals surface area contributed by atoms with E-state index >= 15 is 0 Å². The van der Waals surface area contributed by atoms with Gasteiger partial charge in [0, 0.05) is 18.1 Å². The average molecular weight is 309 g/mol. The van der Waals surface area contributed by atoms with Crippen LogP contribution in [0.3, 0.4) is 0 Å². The molecule has 21 heavy (non-hydrogen) atoms. The second-order valence-electron chi connectivity index (χ2n) is 3.95. The van der Waals surface area contributed by atoms with Gasteiger partial charge in [0.2, 0.25) is 11.5 Å². The molecule has 1 aromatic heterocycles. The maximum atomic E-state index is 13.0. The highest BCUT2D eigenvalue weighted by Gasteiger charge is 2.07. The van der Waals surface area contributed by atoms with Gasteiger partial charge in [-0.1, -0.05) is 12.1 Å². The van der Waals surface area contributed by atoms with Crippen molar-refractivity contribution in [1.29, 1.82) is 0 Å². The Morgan fingerprint density at radius 3 is 3.00 bits per heavy atom. The Kier molecular flexibility index (Phi) is 5.16. The molecule has 0 aliphatic carbocycles. The lowest BCUT2D eigenvalue weighted by molar-refractivity contribution is -0.109. The largest absolute Gasteiger partial charge is 0.351 e. The quantitative estimate of drug-likeness (QED) is 0.700. The number of anilines is 1. The zero-order chi connectivity index (χ0) is 15.1. The highest BCUT2D eigenvalue weighted by atomic mass is 32.1. The van der Waals surface area contributed by atoms with E-state index in [0.29, 0.717) is 22.9 Å². The average Bonchev–Trinajstić information content (AvgIpc) is 2.90. The van der Waals surface area contributed by atoms with E-state index in [9.17, 15) is 14.0 Å². The van der Waals surface area contributed by atoms with Crippen molar-refractivity contribution in [3.05, 3.63) is 41.5 Å². The number of halogens is 1. The molecular formula is C12H12FN5O2S. The number of hydrogen-bond acceptors (Lipinski definition) is 5. The van der Waals surface area contributed by atoms with Crippen molar-refractivity contribution >= 4 is 29.1 Å². The molecule has 110 valence electrons. The minimum Gasteiger partial charge on any atom is -0.351 e. The van der Waals surface area contributed by atoms with Gasteiger partial charge in [-0.05, 0) is 17.7 Å². The van der Waals surface area contributed by atoms with E-state index in [2.05, 4.69) is 25.3 Å². The lowest BCUT2D eigenvalue weighted by atomic mass is 10.2. The minimum absolute atomic E-state index is 0.196. The van der Waals surface area contributed by atoms with Crippen LogP contribution in [-0.4, -0.2) is 21.8 Å². The first-order chi connectivity index (χ1) is 10.2. The van der Waals surface area contributed by atoms with Crippen molar-refractivity contribution in [2.24, 2.45) is 0 Å². The van der Waals surface area contributed by atoms with Crippen LogP contribution < -0.4 is 16.0 Å². The fourth-order valence-electron chi connectivity index (χ4n) is 1.48. The lowest BCUT2D eigenvalue weighted by Gasteiger charge is -2.05. The zero-order valence-electron chi connectivity index (χ0n) is 10.8. The summed E-state index contributed by atoms with van der Waals surface area (Å²) in [5, 5.41) is 7.82. The summed E-state index contributed by atoms with van der Waals surface area (Å²) in [6.07, 6.45) is 0.541. The van der Waals surface area contributed by atoms with Gasteiger partial charge in [0.15, 0.2) is 5.82 Å². The molecule has 0 saturated heterocycles. The van der Waals surface area contributed by atoms with E-state index in [-0.39, 0.29) is 18.9 Å². The van der Waals surface area contributed by atoms with E-state index in [1.165, 1.54) is 12.1 Å². The summed E-state index contributed by atoms with van der Waals surface area (Å²) >= 11 is 1.00. The molecule has 3 amide bonds. The summed E-state index contributed by atoms with van der Waals surface area (Å²) in [5.74, 6) is 0.0543. The number of rotatable bonds is 6. The van der Waals surface area contributed by atoms with Gasteiger partial charge in [-0.3, -0.25) is 10.1 Å². The van der Waals surface area contributed by atoms with Crippen LogP contribution in [0, 0.1) is 5.82 Å². The second kappa shape index (κ2) is 7.29. The fourth-order valence-corrected chi connectivity index (χ4v) is 2.06. The summed E-state index contributed by atoms with van der Waals surface area (Å²) in [6.45, 7) is 0.397. The van der Waals surface area contributed by atoms with E-state index in [1.54, 1.807) is 12.1 Å². The molecule has 9 heteroatoms. The summed E-state index contributed by atoms with van der Waals surface area (Å²) < 4.78 is 16.9. The molecule has 0 spiro atoms. The molecule has 0 fully saturated rings. The van der Waals surface area contributed by atoms with Gasteiger partial charge in [0.05, 0.1) is 6.54 Å². The first-order valence-electron chi connectivity index (χ1n) is 5.96. The van der Waals surface area contributed by atoms with Gasteiger partial charge < -0.3 is 10.6 Å². The van der Waals surface area contributed by atoms with Crippen molar-refractivity contribution in [3.63, 3.8) is 0 Å². The molecule has 0 aliphatic rings. The molecule has 0 atom stereocenters. The maximum Gasteiger partial charge on any atom is 0.321 e. The monoisotopic (exact) mass is 309 g/mol. The SMILES string of the molecule is O=CNCc1nsc(NC(=O)NCc2cccc(F)c2)n1. The molecule has 0 radical (unpaired) electrons. The third-order valence-corrected chi connectivity index (χ3v) is 3.04. The number of aromatic nitrogens is 2. The summed E-state index contributed by atoms with van der Waals surface area (Å²) in [4.78, 5) is 25.8. The molecule has 1 heterocycles. The first-order valence-corrected chi connectivity index (χ1v) is 6.73. The zero-order valence-corrected chi connectivity index (χ0v) is 11.6. The van der Waals surface area contributed by atoms with Gasteiger partial charge in [-0.15, -0.1) is 0 Å². The van der Waals surface area contributed by atoms with Crippen molar-refractivity contribution in [3.8, 4) is 0 Å². The Bertz CT molecular complexity index is 634. The van der Waals surface area contributed by atoms with Crippen molar-refractivity contribution < 1.29 is 14.0 Å². The maximum absolute atomic E-state index is 13.0. The van der Waals surface area contributed by atoms with Crippen LogP contribution >= 0.6 is 11.5 Å². The van der Waals surface area contributed by atoms with Crippen LogP contribution in [0.1, 0.15) is 11.4 Å². The number of nitrogens with zero attached hydrogens (tertiary/aromatic N) is 2. The van der Waals surface area contributed by atoms with Crippen molar-refractivity contribution in [2.45, 2.75) is 13.1 Å². The Balaban J connectivity index is 1.81. The Morgan fingerprint density at radius 1 is 1.38 bits per heavy atom. The third kappa shape index (κ3) is 4.80. The van der Waals surface area contributed by atoms with Crippen LogP contribution in [0.25, 0.3) is 0 Å². The van der Waals surface area contributed by atoms with E-state index < -0.39 is 6.03 Å². The highest BCUT2D eigenvalue weighted by molar-refractivity contribution is 7.09. The smallest absolute Gasteiger partial charge is 0.321 e. The van der Waals surface area contributed by atoms with E-state index in [1.807, 2.05) is 0 Å². The molecule has 0 saturated carbocycles. The van der Waals surface area contributed by atoms with Crippen molar-refractivity contribution in [1.82, 2.24) is 20.0 Å². The van der Waals surface area contributed by atoms with Crippen molar-refractivity contribution in [2.75, 3.05) is 5.32 Å². The Hall–Kier alpha value is -2.55. The highest BCUT2D eigenvalue weighted by Crippen LogP contribution is 2.10. The van der Waals surface area contributed by atoms with Crippen LogP contribution in [0.4, 0.5) is 14.3 Å². The number of benzene rings is 1. The number of carbonyl (C=O) groups is 2. The number of hydrogen-bond donors (Lipinski definition) is 3. The van der Waals surface area contributed by atoms with Gasteiger partial charge >= 0.3 is 6.03 Å². The normalized spacial score (nSPS) is 9.95. The van der Waals surface area contributed by atoms with Crippen LogP contribution in [-0.2, 0) is 17.9 Å². The summed E-state index contributed by atoms with van der Waals surface area (Å²) in [6, 6.07) is 5.48. The van der Waals surface area contributed by atoms with Gasteiger partial charge in [-0.25, -0.2) is 14.2 Å². The van der Waals surface area contributed by atoms with Gasteiger partial charge in [0.25, 0.3) is 0 Å². The third-order valence-electron chi connectivity index (χ3n) is 2.37. The summed E-state index contributed by atoms with van der Waals surface area (Å²) in [5.41, 5.74) is 0.651. The second-order valence-corrected chi connectivity index (χ2v) is 4.70. The fraction of sp³-hybridized carbons (Fsp3) is 0.167. The molecule has 0 bridgehead atoms. The number of nitrogens with one attached hydrogen (secondary N) is 3. The molecule has 2 rings (SSSR count). The molecule has 3 N–H and O–H groups in total. The topological polar surface area (TPSA) is 96.0 Å². The molecule has 0 aliphatic heterocycles. The molecular weight excluding hydrogens is 297 g/mol. The number of amides is 3. The predicted molar refractivity (Wildman–Crippen MR) is 75.1 cm³/mol. The predicted octanol–water partition coefficient (Wildman–Crippen LogP) is 1.24. The lowest BCUT2D eigenvalue weighted by Crippen LogP contribution is -2.28. The van der Waals surface area contributed by atoms with E-state index in [4.69, 9.17) is 0 Å². The van der Waals surface area contributed by atoms with Crippen LogP contribution in [0.2, 0.25) is 0 Å². The summed E-state index contributed by atoms with van der Waals surface area (Å²) in [7, 11) is 0. The number of urea groups is 1. The van der Waals surface area contributed by atoms with Gasteiger partial charge in [-0.2, -0.15) is 4.37 Å². The molecule has 0 unspecified atom stereocenters. The minimum atomic E-state index is -0.467.